The first-order chi connectivity index (χ1) is 14.4. The quantitative estimate of drug-likeness (QED) is 0.267. The van der Waals surface area contributed by atoms with Crippen molar-refractivity contribution >= 4 is 51.2 Å². The summed E-state index contributed by atoms with van der Waals surface area (Å²) in [6.07, 6.45) is 0. The van der Waals surface area contributed by atoms with Crippen molar-refractivity contribution in [2.75, 3.05) is 5.32 Å². The molecule has 1 aliphatic heterocycles. The SMILES string of the molecule is NC1=c2cc3cccc4c3c(c2=C(Nc2ccc(O)cc2)C(=O)C1=O)C(=O)NC4=O. The van der Waals surface area contributed by atoms with Gasteiger partial charge in [-0.25, -0.2) is 0 Å². The highest BCUT2D eigenvalue weighted by molar-refractivity contribution is 6.63. The molecule has 0 unspecified atom stereocenters. The van der Waals surface area contributed by atoms with Gasteiger partial charge in [-0.3, -0.25) is 24.5 Å². The Kier molecular flexibility index (Phi) is 3.54. The van der Waals surface area contributed by atoms with Gasteiger partial charge in [0.05, 0.1) is 17.0 Å². The molecule has 5 rings (SSSR count). The zero-order valence-electron chi connectivity index (χ0n) is 15.3. The molecule has 1 aliphatic carbocycles. The summed E-state index contributed by atoms with van der Waals surface area (Å²) in [5.41, 5.74) is 6.40. The molecule has 0 radical (unpaired) electrons. The number of benzene rings is 3. The van der Waals surface area contributed by atoms with E-state index in [1.807, 2.05) is 0 Å². The average Bonchev–Trinajstić information content (AvgIpc) is 2.74. The number of carbonyl (C=O) groups is 4. The number of amides is 2. The first-order valence-corrected chi connectivity index (χ1v) is 8.97. The third-order valence-corrected chi connectivity index (χ3v) is 5.22. The lowest BCUT2D eigenvalue weighted by Gasteiger charge is -2.21. The summed E-state index contributed by atoms with van der Waals surface area (Å²) in [6.45, 7) is 0. The van der Waals surface area contributed by atoms with Gasteiger partial charge >= 0.3 is 0 Å². The molecular formula is C22H13N3O5. The number of fused-ring (bicyclic) bond motifs is 2. The topological polar surface area (TPSA) is 139 Å². The van der Waals surface area contributed by atoms with Gasteiger partial charge in [-0.2, -0.15) is 0 Å². The number of anilines is 1. The van der Waals surface area contributed by atoms with Crippen molar-refractivity contribution < 1.29 is 24.3 Å². The summed E-state index contributed by atoms with van der Waals surface area (Å²) in [5, 5.41) is 16.0. The van der Waals surface area contributed by atoms with Crippen molar-refractivity contribution in [1.29, 1.82) is 0 Å². The molecule has 0 aromatic heterocycles. The zero-order valence-corrected chi connectivity index (χ0v) is 15.3. The number of phenolic OH excluding ortho intramolecular Hbond substituents is 1. The maximum absolute atomic E-state index is 12.8. The van der Waals surface area contributed by atoms with Crippen LogP contribution in [-0.4, -0.2) is 28.5 Å². The molecule has 0 saturated carbocycles. The second kappa shape index (κ2) is 6.02. The third-order valence-electron chi connectivity index (χ3n) is 5.22. The number of phenols is 1. The Balaban J connectivity index is 1.98. The minimum atomic E-state index is -0.897. The van der Waals surface area contributed by atoms with E-state index in [2.05, 4.69) is 10.6 Å². The van der Waals surface area contributed by atoms with Crippen LogP contribution in [0.5, 0.6) is 5.75 Å². The predicted molar refractivity (Wildman–Crippen MR) is 108 cm³/mol. The average molecular weight is 399 g/mol. The van der Waals surface area contributed by atoms with E-state index in [4.69, 9.17) is 5.73 Å². The van der Waals surface area contributed by atoms with E-state index in [9.17, 15) is 24.3 Å². The fourth-order valence-electron chi connectivity index (χ4n) is 3.86. The minimum Gasteiger partial charge on any atom is -0.508 e. The third kappa shape index (κ3) is 2.34. The van der Waals surface area contributed by atoms with Crippen LogP contribution in [0.25, 0.3) is 22.2 Å². The molecule has 146 valence electrons. The summed E-state index contributed by atoms with van der Waals surface area (Å²) in [6, 6.07) is 12.4. The molecule has 30 heavy (non-hydrogen) atoms. The van der Waals surface area contributed by atoms with Crippen LogP contribution in [0.4, 0.5) is 5.69 Å². The van der Waals surface area contributed by atoms with Gasteiger partial charge in [0.25, 0.3) is 23.4 Å². The molecule has 8 heteroatoms. The summed E-state index contributed by atoms with van der Waals surface area (Å²) in [5.74, 6) is -2.98. The normalized spacial score (nSPS) is 15.3. The molecule has 0 fully saturated rings. The fourth-order valence-corrected chi connectivity index (χ4v) is 3.86. The molecule has 2 aliphatic rings. The van der Waals surface area contributed by atoms with E-state index in [1.54, 1.807) is 24.3 Å². The smallest absolute Gasteiger partial charge is 0.259 e. The number of aromatic hydroxyl groups is 1. The van der Waals surface area contributed by atoms with Crippen molar-refractivity contribution in [3.8, 4) is 5.75 Å². The highest BCUT2D eigenvalue weighted by Crippen LogP contribution is 2.25. The van der Waals surface area contributed by atoms with Gasteiger partial charge < -0.3 is 16.2 Å². The number of imide groups is 1. The first kappa shape index (κ1) is 17.6. The predicted octanol–water partition coefficient (Wildman–Crippen LogP) is -0.132. The fraction of sp³-hybridized carbons (Fsp3) is 0. The Hall–Kier alpha value is -4.46. The summed E-state index contributed by atoms with van der Waals surface area (Å²) in [4.78, 5) is 50.5. The van der Waals surface area contributed by atoms with Gasteiger partial charge in [0.2, 0.25) is 0 Å². The van der Waals surface area contributed by atoms with Crippen molar-refractivity contribution in [3.05, 3.63) is 70.1 Å². The van der Waals surface area contributed by atoms with Crippen LogP contribution in [0.3, 0.4) is 0 Å². The van der Waals surface area contributed by atoms with Gasteiger partial charge in [0.1, 0.15) is 5.75 Å². The van der Waals surface area contributed by atoms with Crippen molar-refractivity contribution in [2.45, 2.75) is 0 Å². The van der Waals surface area contributed by atoms with Crippen LogP contribution in [0.15, 0.2) is 48.5 Å². The van der Waals surface area contributed by atoms with Gasteiger partial charge in [0, 0.05) is 27.1 Å². The number of nitrogens with one attached hydrogen (secondary N) is 2. The van der Waals surface area contributed by atoms with E-state index in [0.717, 1.165) is 0 Å². The minimum absolute atomic E-state index is 0.0261. The van der Waals surface area contributed by atoms with Crippen LogP contribution < -0.4 is 26.8 Å². The van der Waals surface area contributed by atoms with Gasteiger partial charge in [-0.15, -0.1) is 0 Å². The Bertz CT molecular complexity index is 1470. The number of carbonyl (C=O) groups excluding carboxylic acids is 4. The molecule has 5 N–H and O–H groups in total. The highest BCUT2D eigenvalue weighted by atomic mass is 16.3. The molecule has 0 spiro atoms. The second-order valence-corrected chi connectivity index (χ2v) is 6.98. The molecular weight excluding hydrogens is 386 g/mol. The lowest BCUT2D eigenvalue weighted by Crippen LogP contribution is -2.50. The number of hydrogen-bond acceptors (Lipinski definition) is 7. The van der Waals surface area contributed by atoms with Crippen molar-refractivity contribution in [1.82, 2.24) is 5.32 Å². The lowest BCUT2D eigenvalue weighted by molar-refractivity contribution is -0.130. The highest BCUT2D eigenvalue weighted by Gasteiger charge is 2.33. The number of hydrogen-bond donors (Lipinski definition) is 4. The molecule has 8 nitrogen and oxygen atoms in total. The van der Waals surface area contributed by atoms with E-state index in [-0.39, 0.29) is 38.7 Å². The van der Waals surface area contributed by atoms with E-state index < -0.39 is 23.4 Å². The molecule has 0 bridgehead atoms. The maximum Gasteiger partial charge on any atom is 0.259 e. The van der Waals surface area contributed by atoms with Crippen LogP contribution in [-0.2, 0) is 9.59 Å². The molecule has 0 atom stereocenters. The molecule has 2 amide bonds. The monoisotopic (exact) mass is 399 g/mol. The molecule has 3 aromatic rings. The van der Waals surface area contributed by atoms with E-state index in [1.165, 1.54) is 24.3 Å². The van der Waals surface area contributed by atoms with E-state index in [0.29, 0.717) is 16.5 Å². The largest absolute Gasteiger partial charge is 0.508 e. The Morgan fingerprint density at radius 1 is 0.900 bits per heavy atom. The van der Waals surface area contributed by atoms with Crippen LogP contribution in [0.2, 0.25) is 0 Å². The molecule has 3 aromatic carbocycles. The Morgan fingerprint density at radius 3 is 2.37 bits per heavy atom. The number of ketones is 2. The Morgan fingerprint density at radius 2 is 1.63 bits per heavy atom. The van der Waals surface area contributed by atoms with Crippen LogP contribution in [0, 0.1) is 0 Å². The summed E-state index contributed by atoms with van der Waals surface area (Å²) >= 11 is 0. The van der Waals surface area contributed by atoms with Crippen LogP contribution >= 0.6 is 0 Å². The first-order valence-electron chi connectivity index (χ1n) is 8.97. The molecule has 1 heterocycles. The lowest BCUT2D eigenvalue weighted by atomic mass is 9.88. The van der Waals surface area contributed by atoms with Crippen LogP contribution in [0.1, 0.15) is 20.7 Å². The standard InChI is InChI=1S/C22H13N3O5/c23-17-13-8-9-2-1-3-12-14(9)16(22(30)25-21(12)29)15(13)18(20(28)19(17)27)24-10-4-6-11(26)7-5-10/h1-8,24,26H,23H2,(H,25,29,30). The zero-order chi connectivity index (χ0) is 21.2. The maximum atomic E-state index is 12.8. The van der Waals surface area contributed by atoms with Crippen molar-refractivity contribution in [3.63, 3.8) is 0 Å². The number of Topliss-reactive ketones (excluding diaryl/α,β-unsaturated/α-hetero) is 2. The molecule has 0 saturated heterocycles. The van der Waals surface area contributed by atoms with Gasteiger partial charge in [-0.05, 0) is 41.8 Å². The summed E-state index contributed by atoms with van der Waals surface area (Å²) < 4.78 is 0. The van der Waals surface area contributed by atoms with Gasteiger partial charge in [-0.1, -0.05) is 12.1 Å². The van der Waals surface area contributed by atoms with Crippen molar-refractivity contribution in [2.24, 2.45) is 5.73 Å². The second-order valence-electron chi connectivity index (χ2n) is 6.98. The summed E-state index contributed by atoms with van der Waals surface area (Å²) in [7, 11) is 0. The number of nitrogens with two attached hydrogens (primary N) is 1. The van der Waals surface area contributed by atoms with E-state index >= 15 is 0 Å². The van der Waals surface area contributed by atoms with Gasteiger partial charge in [0.15, 0.2) is 0 Å². The number of rotatable bonds is 2. The Labute approximate surface area is 168 Å².